The molecule has 0 unspecified atom stereocenters. The van der Waals surface area contributed by atoms with Gasteiger partial charge < -0.3 is 4.74 Å². The van der Waals surface area contributed by atoms with Gasteiger partial charge in [0, 0.05) is 0 Å². The Bertz CT molecular complexity index is 200. The van der Waals surface area contributed by atoms with Gasteiger partial charge in [-0.3, -0.25) is 8.98 Å². The molecule has 0 N–H and O–H groups in total. The predicted molar refractivity (Wildman–Crippen MR) is 42.1 cm³/mol. The van der Waals surface area contributed by atoms with Crippen LogP contribution >= 0.6 is 0 Å². The predicted octanol–water partition coefficient (Wildman–Crippen LogP) is -0.271. The highest BCUT2D eigenvalue weighted by Crippen LogP contribution is 1.94. The Balaban J connectivity index is 3.38. The summed E-state index contributed by atoms with van der Waals surface area (Å²) in [6.45, 7) is 3.24. The van der Waals surface area contributed by atoms with Gasteiger partial charge in [-0.2, -0.15) is 0 Å². The molecule has 0 spiro atoms. The zero-order valence-corrected chi connectivity index (χ0v) is 7.87. The number of carbonyl (C=O) groups excluding carboxylic acids is 1. The van der Waals surface area contributed by atoms with Crippen LogP contribution in [0.2, 0.25) is 0 Å². The largest absolute Gasteiger partial charge is 0.463 e. The topological polar surface area (TPSA) is 69.7 Å². The van der Waals surface area contributed by atoms with Crippen LogP contribution in [0.4, 0.5) is 0 Å². The van der Waals surface area contributed by atoms with Gasteiger partial charge in [-0.15, -0.1) is 0 Å². The van der Waals surface area contributed by atoms with E-state index in [1.54, 1.807) is 13.8 Å². The molecule has 0 aromatic carbocycles. The zero-order chi connectivity index (χ0) is 9.56. The van der Waals surface area contributed by atoms with E-state index in [9.17, 15) is 13.2 Å². The maximum absolute atomic E-state index is 10.8. The maximum atomic E-state index is 10.8. The van der Waals surface area contributed by atoms with Crippen LogP contribution in [-0.4, -0.2) is 27.6 Å². The van der Waals surface area contributed by atoms with Gasteiger partial charge >= 0.3 is 5.97 Å². The van der Waals surface area contributed by atoms with E-state index >= 15 is 0 Å². The second-order valence-electron chi connectivity index (χ2n) is 2.38. The van der Waals surface area contributed by atoms with Crippen LogP contribution in [0.1, 0.15) is 13.8 Å². The van der Waals surface area contributed by atoms with Gasteiger partial charge in [-0.1, -0.05) is 13.8 Å². The van der Waals surface area contributed by atoms with Gasteiger partial charge in [0.05, 0.1) is 5.92 Å². The van der Waals surface area contributed by atoms with E-state index in [0.29, 0.717) is 0 Å². The molecule has 0 aliphatic carbocycles. The lowest BCUT2D eigenvalue weighted by Gasteiger charge is -2.04. The van der Waals surface area contributed by atoms with E-state index in [1.165, 1.54) is 0 Å². The molecule has 0 atom stereocenters. The Morgan fingerprint density at radius 3 is 2.33 bits per heavy atom. The number of esters is 1. The summed E-state index contributed by atoms with van der Waals surface area (Å²) in [4.78, 5) is 10.8. The fourth-order valence-corrected chi connectivity index (χ4v) is 0.644. The minimum Gasteiger partial charge on any atom is -0.463 e. The first kappa shape index (κ1) is 11.4. The van der Waals surface area contributed by atoms with Gasteiger partial charge in [-0.25, -0.2) is 8.42 Å². The van der Waals surface area contributed by atoms with E-state index in [0.717, 1.165) is 0 Å². The van der Waals surface area contributed by atoms with Crippen molar-refractivity contribution in [3.63, 3.8) is 0 Å². The second-order valence-corrected chi connectivity index (χ2v) is 3.08. The summed E-state index contributed by atoms with van der Waals surface area (Å²) in [7, 11) is -2.84. The molecule has 0 bridgehead atoms. The van der Waals surface area contributed by atoms with Crippen molar-refractivity contribution in [1.82, 2.24) is 0 Å². The zero-order valence-electron chi connectivity index (χ0n) is 6.98. The number of rotatable bonds is 5. The fourth-order valence-electron chi connectivity index (χ4n) is 0.421. The summed E-state index contributed by atoms with van der Waals surface area (Å²) < 4.78 is 28.5. The monoisotopic (exact) mass is 196 g/mol. The number of hydrogen-bond acceptors (Lipinski definition) is 5. The Morgan fingerprint density at radius 1 is 1.33 bits per heavy atom. The first-order chi connectivity index (χ1) is 5.54. The molecule has 0 amide bonds. The van der Waals surface area contributed by atoms with Crippen molar-refractivity contribution < 1.29 is 22.1 Å². The summed E-state index contributed by atoms with van der Waals surface area (Å²) in [6.07, 6.45) is 0. The van der Waals surface area contributed by atoms with Crippen LogP contribution in [0.15, 0.2) is 0 Å². The van der Waals surface area contributed by atoms with Crippen LogP contribution in [0.25, 0.3) is 0 Å². The van der Waals surface area contributed by atoms with Gasteiger partial charge in [0.1, 0.15) is 13.2 Å². The van der Waals surface area contributed by atoms with Crippen molar-refractivity contribution in [2.24, 2.45) is 5.92 Å². The molecule has 0 saturated heterocycles. The van der Waals surface area contributed by atoms with Crippen LogP contribution < -0.4 is 0 Å². The fraction of sp³-hybridized carbons (Fsp3) is 0.833. The average molecular weight is 196 g/mol. The molecule has 0 fully saturated rings. The molecule has 6 heteroatoms. The normalized spacial score (nSPS) is 10.7. The van der Waals surface area contributed by atoms with Crippen LogP contribution in [0.5, 0.6) is 0 Å². The minimum atomic E-state index is -2.84. The molecule has 0 aromatic heterocycles. The lowest BCUT2D eigenvalue weighted by molar-refractivity contribution is -0.148. The quantitative estimate of drug-likeness (QED) is 0.372. The van der Waals surface area contributed by atoms with E-state index in [2.05, 4.69) is 8.92 Å². The van der Waals surface area contributed by atoms with Crippen molar-refractivity contribution >= 4 is 17.0 Å². The lowest BCUT2D eigenvalue weighted by Crippen LogP contribution is -2.14. The third kappa shape index (κ3) is 6.11. The summed E-state index contributed by atoms with van der Waals surface area (Å²) in [6, 6.07) is 0. The van der Waals surface area contributed by atoms with Gasteiger partial charge in [0.15, 0.2) is 0 Å². The van der Waals surface area contributed by atoms with Crippen LogP contribution in [0, 0.1) is 5.92 Å². The molecule has 0 rings (SSSR count). The highest BCUT2D eigenvalue weighted by molar-refractivity contribution is 7.67. The van der Waals surface area contributed by atoms with Crippen molar-refractivity contribution in [3.8, 4) is 0 Å². The van der Waals surface area contributed by atoms with Crippen LogP contribution in [-0.2, 0) is 24.7 Å². The summed E-state index contributed by atoms with van der Waals surface area (Å²) in [5.41, 5.74) is 0. The van der Waals surface area contributed by atoms with Gasteiger partial charge in [0.25, 0.3) is 11.0 Å². The Morgan fingerprint density at radius 2 is 1.92 bits per heavy atom. The van der Waals surface area contributed by atoms with Crippen molar-refractivity contribution in [2.75, 3.05) is 13.2 Å². The molecule has 0 saturated carbocycles. The third-order valence-corrected chi connectivity index (χ3v) is 1.39. The molecule has 0 aliphatic heterocycles. The van der Waals surface area contributed by atoms with Gasteiger partial charge in [-0.05, 0) is 0 Å². The van der Waals surface area contributed by atoms with E-state index in [1.807, 2.05) is 0 Å². The molecule has 12 heavy (non-hydrogen) atoms. The third-order valence-electron chi connectivity index (χ3n) is 0.996. The molecule has 0 aliphatic rings. The molecular weight excluding hydrogens is 184 g/mol. The smallest absolute Gasteiger partial charge is 0.308 e. The summed E-state index contributed by atoms with van der Waals surface area (Å²) in [5.74, 6) is -0.564. The molecule has 0 heterocycles. The van der Waals surface area contributed by atoms with Crippen molar-refractivity contribution in [3.05, 3.63) is 0 Å². The van der Waals surface area contributed by atoms with Crippen molar-refractivity contribution in [2.45, 2.75) is 13.8 Å². The standard InChI is InChI=1S/C6H12O5S/c1-5(2)6(7)10-3-4-11-12(8)9/h5,12H,3-4H2,1-2H3. The number of carbonyl (C=O) groups is 1. The first-order valence-corrected chi connectivity index (χ1v) is 4.57. The van der Waals surface area contributed by atoms with Gasteiger partial charge in [0.2, 0.25) is 0 Å². The minimum absolute atomic E-state index is 0.0275. The molecule has 72 valence electrons. The molecular formula is C6H12O5S. The first-order valence-electron chi connectivity index (χ1n) is 3.48. The SMILES string of the molecule is CC(C)C(=O)OCCO[SH](=O)=O. The molecule has 0 radical (unpaired) electrons. The van der Waals surface area contributed by atoms with Crippen LogP contribution in [0.3, 0.4) is 0 Å². The van der Waals surface area contributed by atoms with E-state index < -0.39 is 11.0 Å². The Labute approximate surface area is 72.8 Å². The van der Waals surface area contributed by atoms with E-state index in [4.69, 9.17) is 0 Å². The highest BCUT2D eigenvalue weighted by Gasteiger charge is 2.06. The molecule has 0 aromatic rings. The van der Waals surface area contributed by atoms with E-state index in [-0.39, 0.29) is 25.1 Å². The Kier molecular flexibility index (Phi) is 5.65. The number of ether oxygens (including phenoxy) is 1. The maximum Gasteiger partial charge on any atom is 0.308 e. The Hall–Kier alpha value is -0.620. The summed E-state index contributed by atoms with van der Waals surface area (Å²) in [5, 5.41) is 0. The second kappa shape index (κ2) is 5.96. The average Bonchev–Trinajstić information content (AvgIpc) is 1.97. The number of hydrogen-bond donors (Lipinski definition) is 1. The molecule has 5 nitrogen and oxygen atoms in total. The lowest BCUT2D eigenvalue weighted by atomic mass is 10.2. The van der Waals surface area contributed by atoms with Crippen molar-refractivity contribution in [1.29, 1.82) is 0 Å². The summed E-state index contributed by atoms with van der Waals surface area (Å²) >= 11 is 0. The highest BCUT2D eigenvalue weighted by atomic mass is 32.2. The number of thiol groups is 1.